The summed E-state index contributed by atoms with van der Waals surface area (Å²) in [6.07, 6.45) is 7.61. The molecule has 1 fully saturated rings. The maximum Gasteiger partial charge on any atom is 0.232 e. The minimum atomic E-state index is -3.45. The molecule has 0 radical (unpaired) electrons. The highest BCUT2D eigenvalue weighted by Gasteiger charge is 2.21. The Bertz CT molecular complexity index is 669. The summed E-state index contributed by atoms with van der Waals surface area (Å²) in [5, 5.41) is 3.06. The highest BCUT2D eigenvalue weighted by molar-refractivity contribution is 7.92. The number of carbonyl (C=O) groups excluding carboxylic acids is 1. The molecule has 1 saturated carbocycles. The summed E-state index contributed by atoms with van der Waals surface area (Å²) < 4.78 is 30.9. The molecule has 1 aromatic carbocycles. The van der Waals surface area contributed by atoms with E-state index in [-0.39, 0.29) is 18.5 Å². The predicted octanol–water partition coefficient (Wildman–Crippen LogP) is 2.69. The molecule has 1 amide bonds. The number of nitrogens with zero attached hydrogens (tertiary/aromatic N) is 1. The average molecular weight is 368 g/mol. The molecule has 0 spiro atoms. The number of nitrogens with one attached hydrogen (secondary N) is 1. The predicted molar refractivity (Wildman–Crippen MR) is 99.4 cm³/mol. The number of para-hydroxylation sites is 2. The van der Waals surface area contributed by atoms with Gasteiger partial charge in [-0.2, -0.15) is 0 Å². The van der Waals surface area contributed by atoms with Crippen LogP contribution in [0, 0.1) is 0 Å². The zero-order valence-electron chi connectivity index (χ0n) is 15.0. The lowest BCUT2D eigenvalue weighted by molar-refractivity contribution is -0.122. The quantitative estimate of drug-likeness (QED) is 0.765. The molecule has 1 aromatic rings. The van der Waals surface area contributed by atoms with Crippen LogP contribution in [-0.4, -0.2) is 40.3 Å². The topological polar surface area (TPSA) is 75.7 Å². The summed E-state index contributed by atoms with van der Waals surface area (Å²) in [5.41, 5.74) is 0.500. The fourth-order valence-corrected chi connectivity index (χ4v) is 4.20. The van der Waals surface area contributed by atoms with E-state index >= 15 is 0 Å². The Morgan fingerprint density at radius 3 is 2.56 bits per heavy atom. The Balaban J connectivity index is 1.93. The second-order valence-corrected chi connectivity index (χ2v) is 8.42. The Hall–Kier alpha value is -1.76. The summed E-state index contributed by atoms with van der Waals surface area (Å²) in [5.74, 6) is 0.500. The zero-order chi connectivity index (χ0) is 18.3. The van der Waals surface area contributed by atoms with Crippen molar-refractivity contribution in [2.24, 2.45) is 0 Å². The summed E-state index contributed by atoms with van der Waals surface area (Å²) in [7, 11) is -1.94. The fourth-order valence-electron chi connectivity index (χ4n) is 3.23. The van der Waals surface area contributed by atoms with Crippen molar-refractivity contribution in [2.75, 3.05) is 24.2 Å². The number of carbonyl (C=O) groups is 1. The van der Waals surface area contributed by atoms with E-state index in [0.717, 1.165) is 12.8 Å². The van der Waals surface area contributed by atoms with Crippen LogP contribution >= 0.6 is 0 Å². The number of amides is 1. The van der Waals surface area contributed by atoms with Crippen LogP contribution in [0.4, 0.5) is 5.69 Å². The number of benzene rings is 1. The molecular formula is C18H28N2O4S. The van der Waals surface area contributed by atoms with Crippen molar-refractivity contribution >= 4 is 21.6 Å². The van der Waals surface area contributed by atoms with Gasteiger partial charge in [-0.25, -0.2) is 8.42 Å². The average Bonchev–Trinajstić information content (AvgIpc) is 2.58. The van der Waals surface area contributed by atoms with Gasteiger partial charge in [0.1, 0.15) is 5.75 Å². The van der Waals surface area contributed by atoms with Crippen molar-refractivity contribution in [3.63, 3.8) is 0 Å². The summed E-state index contributed by atoms with van der Waals surface area (Å²) in [6, 6.07) is 7.28. The van der Waals surface area contributed by atoms with Crippen LogP contribution in [0.1, 0.15) is 44.9 Å². The minimum absolute atomic E-state index is 0.000350. The van der Waals surface area contributed by atoms with Gasteiger partial charge in [-0.3, -0.25) is 9.10 Å². The van der Waals surface area contributed by atoms with Crippen molar-refractivity contribution in [1.82, 2.24) is 5.32 Å². The molecule has 2 rings (SSSR count). The van der Waals surface area contributed by atoms with Gasteiger partial charge in [0.2, 0.25) is 15.9 Å². The van der Waals surface area contributed by atoms with Crippen LogP contribution < -0.4 is 14.4 Å². The third-order valence-electron chi connectivity index (χ3n) is 4.49. The van der Waals surface area contributed by atoms with E-state index in [4.69, 9.17) is 4.74 Å². The van der Waals surface area contributed by atoms with Gasteiger partial charge in [0.15, 0.2) is 0 Å². The number of methoxy groups -OCH3 is 1. The fraction of sp³-hybridized carbons (Fsp3) is 0.611. The number of hydrogen-bond acceptors (Lipinski definition) is 4. The van der Waals surface area contributed by atoms with Crippen molar-refractivity contribution in [1.29, 1.82) is 0 Å². The Labute approximate surface area is 150 Å². The van der Waals surface area contributed by atoms with E-state index in [1.807, 2.05) is 0 Å². The van der Waals surface area contributed by atoms with Gasteiger partial charge in [0.25, 0.3) is 0 Å². The first-order valence-corrected chi connectivity index (χ1v) is 10.7. The SMILES string of the molecule is COc1ccccc1N(CCCC(=O)NC1CCCCC1)S(C)(=O)=O. The molecule has 1 aliphatic carbocycles. The van der Waals surface area contributed by atoms with Gasteiger partial charge in [0.05, 0.1) is 19.1 Å². The highest BCUT2D eigenvalue weighted by atomic mass is 32.2. The minimum Gasteiger partial charge on any atom is -0.495 e. The number of rotatable bonds is 8. The lowest BCUT2D eigenvalue weighted by Gasteiger charge is -2.25. The Morgan fingerprint density at radius 2 is 1.92 bits per heavy atom. The van der Waals surface area contributed by atoms with E-state index in [0.29, 0.717) is 24.3 Å². The first-order valence-electron chi connectivity index (χ1n) is 8.82. The van der Waals surface area contributed by atoms with Crippen LogP contribution in [0.3, 0.4) is 0 Å². The number of hydrogen-bond donors (Lipinski definition) is 1. The molecule has 0 aromatic heterocycles. The third kappa shape index (κ3) is 5.92. The monoisotopic (exact) mass is 368 g/mol. The molecule has 140 valence electrons. The van der Waals surface area contributed by atoms with Gasteiger partial charge in [-0.05, 0) is 31.4 Å². The molecule has 0 bridgehead atoms. The van der Waals surface area contributed by atoms with E-state index in [9.17, 15) is 13.2 Å². The molecule has 0 aliphatic heterocycles. The number of ether oxygens (including phenoxy) is 1. The second-order valence-electron chi connectivity index (χ2n) is 6.51. The van der Waals surface area contributed by atoms with E-state index in [1.54, 1.807) is 24.3 Å². The lowest BCUT2D eigenvalue weighted by Crippen LogP contribution is -2.37. The summed E-state index contributed by atoms with van der Waals surface area (Å²) in [4.78, 5) is 12.1. The van der Waals surface area contributed by atoms with Crippen LogP contribution in [0.5, 0.6) is 5.75 Å². The normalized spacial score (nSPS) is 15.6. The van der Waals surface area contributed by atoms with Crippen LogP contribution in [0.15, 0.2) is 24.3 Å². The molecule has 25 heavy (non-hydrogen) atoms. The third-order valence-corrected chi connectivity index (χ3v) is 5.67. The van der Waals surface area contributed by atoms with Gasteiger partial charge in [-0.15, -0.1) is 0 Å². The van der Waals surface area contributed by atoms with E-state index in [1.165, 1.54) is 36.9 Å². The molecule has 0 heterocycles. The molecule has 0 atom stereocenters. The smallest absolute Gasteiger partial charge is 0.232 e. The van der Waals surface area contributed by atoms with Crippen LogP contribution in [0.2, 0.25) is 0 Å². The summed E-state index contributed by atoms with van der Waals surface area (Å²) in [6.45, 7) is 0.247. The first-order chi connectivity index (χ1) is 11.9. The van der Waals surface area contributed by atoms with Gasteiger partial charge in [-0.1, -0.05) is 31.4 Å². The standard InChI is InChI=1S/C18H28N2O4S/c1-24-17-12-7-6-11-16(17)20(25(2,22)23)14-8-13-18(21)19-15-9-4-3-5-10-15/h6-7,11-12,15H,3-5,8-10,13-14H2,1-2H3,(H,19,21). The Morgan fingerprint density at radius 1 is 1.24 bits per heavy atom. The zero-order valence-corrected chi connectivity index (χ0v) is 15.8. The van der Waals surface area contributed by atoms with E-state index < -0.39 is 10.0 Å². The second kappa shape index (κ2) is 9.08. The van der Waals surface area contributed by atoms with Gasteiger partial charge in [0, 0.05) is 19.0 Å². The Kier molecular flexibility index (Phi) is 7.11. The van der Waals surface area contributed by atoms with Gasteiger partial charge >= 0.3 is 0 Å². The summed E-state index contributed by atoms with van der Waals surface area (Å²) >= 11 is 0. The largest absolute Gasteiger partial charge is 0.495 e. The molecule has 0 saturated heterocycles. The van der Waals surface area contributed by atoms with Crippen LogP contribution in [0.25, 0.3) is 0 Å². The molecule has 6 nitrogen and oxygen atoms in total. The van der Waals surface area contributed by atoms with E-state index in [2.05, 4.69) is 5.32 Å². The van der Waals surface area contributed by atoms with Crippen LogP contribution in [-0.2, 0) is 14.8 Å². The molecular weight excluding hydrogens is 340 g/mol. The maximum absolute atomic E-state index is 12.2. The molecule has 1 N–H and O–H groups in total. The number of sulfonamides is 1. The first kappa shape index (κ1) is 19.6. The number of anilines is 1. The van der Waals surface area contributed by atoms with Crippen molar-refractivity contribution in [3.05, 3.63) is 24.3 Å². The molecule has 0 unspecified atom stereocenters. The molecule has 1 aliphatic rings. The van der Waals surface area contributed by atoms with Crippen molar-refractivity contribution in [2.45, 2.75) is 51.0 Å². The van der Waals surface area contributed by atoms with Gasteiger partial charge < -0.3 is 10.1 Å². The van der Waals surface area contributed by atoms with Crippen molar-refractivity contribution < 1.29 is 17.9 Å². The highest BCUT2D eigenvalue weighted by Crippen LogP contribution is 2.29. The molecule has 7 heteroatoms. The maximum atomic E-state index is 12.2. The van der Waals surface area contributed by atoms with Crippen molar-refractivity contribution in [3.8, 4) is 5.75 Å². The lowest BCUT2D eigenvalue weighted by atomic mass is 9.95.